The van der Waals surface area contributed by atoms with E-state index in [1.165, 1.54) is 0 Å². The summed E-state index contributed by atoms with van der Waals surface area (Å²) >= 11 is 0. The van der Waals surface area contributed by atoms with E-state index in [0.29, 0.717) is 36.0 Å². The Hall–Kier alpha value is -1.62. The number of nitrogen functional groups attached to an aromatic ring is 1. The fourth-order valence-electron chi connectivity index (χ4n) is 1.25. The molecule has 0 aromatic heterocycles. The molecule has 0 radical (unpaired) electrons. The maximum Gasteiger partial charge on any atom is 0.164 e. The van der Waals surface area contributed by atoms with Crippen LogP contribution in [0.25, 0.3) is 0 Å². The molecule has 16 heavy (non-hydrogen) atoms. The molecule has 0 heterocycles. The molecule has 0 unspecified atom stereocenters. The lowest BCUT2D eigenvalue weighted by molar-refractivity contribution is 0.233. The van der Waals surface area contributed by atoms with Gasteiger partial charge in [-0.15, -0.1) is 0 Å². The normalized spacial score (nSPS) is 9.94. The number of aliphatic hydroxyl groups excluding tert-OH is 1. The molecule has 0 spiro atoms. The lowest BCUT2D eigenvalue weighted by Gasteiger charge is -2.13. The molecule has 5 nitrogen and oxygen atoms in total. The van der Waals surface area contributed by atoms with Crippen LogP contribution in [0.4, 0.5) is 5.69 Å². The van der Waals surface area contributed by atoms with Crippen LogP contribution in [-0.4, -0.2) is 32.5 Å². The number of hydrogen-bond acceptors (Lipinski definition) is 5. The fraction of sp³-hybridized carbons (Fsp3) is 0.455. The summed E-state index contributed by atoms with van der Waals surface area (Å²) in [5.74, 6) is 1.66. The van der Waals surface area contributed by atoms with Crippen LogP contribution in [0.5, 0.6) is 17.2 Å². The number of nitrogens with two attached hydrogens (primary N) is 1. The van der Waals surface area contributed by atoms with Gasteiger partial charge in [-0.1, -0.05) is 0 Å². The number of anilines is 1. The second-order valence-corrected chi connectivity index (χ2v) is 3.17. The first kappa shape index (κ1) is 12.4. The smallest absolute Gasteiger partial charge is 0.164 e. The lowest BCUT2D eigenvalue weighted by atomic mass is 10.2. The molecular weight excluding hydrogens is 210 g/mol. The number of aliphatic hydroxyl groups is 1. The largest absolute Gasteiger partial charge is 0.493 e. The molecule has 0 aliphatic heterocycles. The van der Waals surface area contributed by atoms with Gasteiger partial charge >= 0.3 is 0 Å². The van der Waals surface area contributed by atoms with Crippen LogP contribution in [-0.2, 0) is 0 Å². The van der Waals surface area contributed by atoms with E-state index >= 15 is 0 Å². The van der Waals surface area contributed by atoms with Gasteiger partial charge in [0, 0.05) is 25.2 Å². The van der Waals surface area contributed by atoms with Crippen LogP contribution >= 0.6 is 0 Å². The average molecular weight is 227 g/mol. The van der Waals surface area contributed by atoms with Crippen molar-refractivity contribution in [3.63, 3.8) is 0 Å². The molecule has 1 aromatic rings. The number of ether oxygens (including phenoxy) is 3. The van der Waals surface area contributed by atoms with E-state index in [9.17, 15) is 0 Å². The van der Waals surface area contributed by atoms with E-state index in [-0.39, 0.29) is 6.61 Å². The number of methoxy groups -OCH3 is 2. The maximum absolute atomic E-state index is 8.64. The Morgan fingerprint density at radius 1 is 1.12 bits per heavy atom. The Labute approximate surface area is 94.7 Å². The predicted octanol–water partition coefficient (Wildman–Crippen LogP) is 1.05. The van der Waals surface area contributed by atoms with E-state index in [1.807, 2.05) is 0 Å². The second-order valence-electron chi connectivity index (χ2n) is 3.17. The van der Waals surface area contributed by atoms with E-state index in [0.717, 1.165) is 0 Å². The van der Waals surface area contributed by atoms with Crippen molar-refractivity contribution in [1.82, 2.24) is 0 Å². The third-order valence-electron chi connectivity index (χ3n) is 2.08. The quantitative estimate of drug-likeness (QED) is 0.561. The van der Waals surface area contributed by atoms with Gasteiger partial charge in [-0.2, -0.15) is 0 Å². The van der Waals surface area contributed by atoms with Gasteiger partial charge in [0.1, 0.15) is 5.75 Å². The Kier molecular flexibility index (Phi) is 4.72. The van der Waals surface area contributed by atoms with Crippen LogP contribution in [0.3, 0.4) is 0 Å². The third-order valence-corrected chi connectivity index (χ3v) is 2.08. The number of rotatable bonds is 6. The van der Waals surface area contributed by atoms with Crippen molar-refractivity contribution in [2.24, 2.45) is 0 Å². The first-order chi connectivity index (χ1) is 7.72. The Morgan fingerprint density at radius 3 is 2.31 bits per heavy atom. The summed E-state index contributed by atoms with van der Waals surface area (Å²) in [4.78, 5) is 0. The Bertz CT molecular complexity index is 341. The average Bonchev–Trinajstić information content (AvgIpc) is 2.31. The highest BCUT2D eigenvalue weighted by Gasteiger charge is 2.09. The molecule has 0 saturated carbocycles. The molecule has 0 amide bonds. The molecule has 90 valence electrons. The molecule has 5 heteroatoms. The first-order valence-electron chi connectivity index (χ1n) is 4.98. The van der Waals surface area contributed by atoms with E-state index in [2.05, 4.69) is 0 Å². The van der Waals surface area contributed by atoms with Crippen molar-refractivity contribution in [2.45, 2.75) is 6.42 Å². The summed E-state index contributed by atoms with van der Waals surface area (Å²) in [5, 5.41) is 8.64. The van der Waals surface area contributed by atoms with Gasteiger partial charge in [0.05, 0.1) is 26.5 Å². The third kappa shape index (κ3) is 2.93. The Morgan fingerprint density at radius 2 is 1.75 bits per heavy atom. The molecule has 3 N–H and O–H groups in total. The van der Waals surface area contributed by atoms with Crippen molar-refractivity contribution in [3.05, 3.63) is 12.1 Å². The van der Waals surface area contributed by atoms with Gasteiger partial charge in [-0.25, -0.2) is 0 Å². The topological polar surface area (TPSA) is 73.9 Å². The van der Waals surface area contributed by atoms with Crippen LogP contribution < -0.4 is 19.9 Å². The highest BCUT2D eigenvalue weighted by atomic mass is 16.5. The lowest BCUT2D eigenvalue weighted by Crippen LogP contribution is -2.03. The van der Waals surface area contributed by atoms with Gasteiger partial charge in [-0.05, 0) is 0 Å². The minimum absolute atomic E-state index is 0.0905. The predicted molar refractivity (Wildman–Crippen MR) is 61.2 cm³/mol. The molecule has 0 aliphatic carbocycles. The maximum atomic E-state index is 8.64. The van der Waals surface area contributed by atoms with Crippen LogP contribution in [0.2, 0.25) is 0 Å². The van der Waals surface area contributed by atoms with Crippen molar-refractivity contribution < 1.29 is 19.3 Å². The van der Waals surface area contributed by atoms with Crippen molar-refractivity contribution in [2.75, 3.05) is 33.2 Å². The van der Waals surface area contributed by atoms with Crippen LogP contribution in [0.1, 0.15) is 6.42 Å². The van der Waals surface area contributed by atoms with Crippen molar-refractivity contribution >= 4 is 5.69 Å². The molecule has 0 saturated heterocycles. The molecular formula is C11H17NO4. The van der Waals surface area contributed by atoms with Crippen molar-refractivity contribution in [1.29, 1.82) is 0 Å². The SMILES string of the molecule is COc1cc(N)c(OCCCO)cc1OC. The highest BCUT2D eigenvalue weighted by Crippen LogP contribution is 2.36. The molecule has 0 aliphatic rings. The molecule has 0 fully saturated rings. The standard InChI is InChI=1S/C11H17NO4/c1-14-10-6-8(12)9(7-11(10)15-2)16-5-3-4-13/h6-7,13H,3-5,12H2,1-2H3. The zero-order chi connectivity index (χ0) is 12.0. The molecule has 0 atom stereocenters. The van der Waals surface area contributed by atoms with E-state index in [4.69, 9.17) is 25.1 Å². The summed E-state index contributed by atoms with van der Waals surface area (Å²) in [6, 6.07) is 3.32. The van der Waals surface area contributed by atoms with Crippen LogP contribution in [0.15, 0.2) is 12.1 Å². The van der Waals surface area contributed by atoms with E-state index in [1.54, 1.807) is 26.4 Å². The van der Waals surface area contributed by atoms with Gasteiger partial charge in [-0.3, -0.25) is 0 Å². The van der Waals surface area contributed by atoms with Crippen molar-refractivity contribution in [3.8, 4) is 17.2 Å². The monoisotopic (exact) mass is 227 g/mol. The number of benzene rings is 1. The summed E-state index contributed by atoms with van der Waals surface area (Å²) < 4.78 is 15.6. The molecule has 1 aromatic carbocycles. The summed E-state index contributed by atoms with van der Waals surface area (Å²) in [6.07, 6.45) is 0.563. The number of hydrogen-bond donors (Lipinski definition) is 2. The summed E-state index contributed by atoms with van der Waals surface area (Å²) in [7, 11) is 3.09. The van der Waals surface area contributed by atoms with Gasteiger partial charge < -0.3 is 25.1 Å². The zero-order valence-corrected chi connectivity index (χ0v) is 9.53. The van der Waals surface area contributed by atoms with Gasteiger partial charge in [0.25, 0.3) is 0 Å². The molecule has 1 rings (SSSR count). The summed E-state index contributed by atoms with van der Waals surface area (Å²) in [5.41, 5.74) is 6.26. The highest BCUT2D eigenvalue weighted by molar-refractivity contribution is 5.61. The second kappa shape index (κ2) is 6.07. The van der Waals surface area contributed by atoms with Gasteiger partial charge in [0.2, 0.25) is 0 Å². The minimum atomic E-state index is 0.0905. The molecule has 0 bridgehead atoms. The van der Waals surface area contributed by atoms with Crippen LogP contribution in [0, 0.1) is 0 Å². The minimum Gasteiger partial charge on any atom is -0.493 e. The van der Waals surface area contributed by atoms with E-state index < -0.39 is 0 Å². The first-order valence-corrected chi connectivity index (χ1v) is 4.98. The Balaban J connectivity index is 2.84. The summed E-state index contributed by atoms with van der Waals surface area (Å²) in [6.45, 7) is 0.503. The fourth-order valence-corrected chi connectivity index (χ4v) is 1.25. The zero-order valence-electron chi connectivity index (χ0n) is 9.53. The van der Waals surface area contributed by atoms with Gasteiger partial charge in [0.15, 0.2) is 11.5 Å².